The number of amides is 1. The molecule has 0 aliphatic heterocycles. The molecule has 0 radical (unpaired) electrons. The van der Waals surface area contributed by atoms with Gasteiger partial charge in [-0.3, -0.25) is 0 Å². The summed E-state index contributed by atoms with van der Waals surface area (Å²) in [7, 11) is 0. The molecule has 1 unspecified atom stereocenters. The number of hydrogen-bond donors (Lipinski definition) is 0. The van der Waals surface area contributed by atoms with Crippen LogP contribution >= 0.6 is 0 Å². The second kappa shape index (κ2) is 6.40. The van der Waals surface area contributed by atoms with Crippen LogP contribution < -0.4 is 0 Å². The van der Waals surface area contributed by atoms with Crippen LogP contribution in [-0.2, 0) is 9.53 Å². The van der Waals surface area contributed by atoms with Gasteiger partial charge in [0.1, 0.15) is 11.9 Å². The summed E-state index contributed by atoms with van der Waals surface area (Å²) in [6.07, 6.45) is 3.91. The highest BCUT2D eigenvalue weighted by atomic mass is 16.6. The van der Waals surface area contributed by atoms with E-state index in [2.05, 4.69) is 13.8 Å². The molecule has 0 heterocycles. The van der Waals surface area contributed by atoms with E-state index < -0.39 is 5.60 Å². The smallest absolute Gasteiger partial charge is 0.410 e. The third kappa shape index (κ3) is 5.62. The number of nitrogens with zero attached hydrogens (tertiary/aromatic N) is 1. The quantitative estimate of drug-likeness (QED) is 0.694. The highest BCUT2D eigenvalue weighted by Gasteiger charge is 2.39. The summed E-state index contributed by atoms with van der Waals surface area (Å²) >= 11 is 0. The van der Waals surface area contributed by atoms with Crippen molar-refractivity contribution in [3.8, 4) is 0 Å². The first-order valence-corrected chi connectivity index (χ1v) is 7.19. The zero-order valence-electron chi connectivity index (χ0n) is 12.8. The lowest BCUT2D eigenvalue weighted by Gasteiger charge is -2.33. The zero-order valence-corrected chi connectivity index (χ0v) is 12.8. The Kier molecular flexibility index (Phi) is 5.39. The van der Waals surface area contributed by atoms with Crippen molar-refractivity contribution in [1.29, 1.82) is 0 Å². The molecule has 0 saturated heterocycles. The van der Waals surface area contributed by atoms with Crippen LogP contribution in [0.4, 0.5) is 4.79 Å². The van der Waals surface area contributed by atoms with E-state index in [4.69, 9.17) is 4.74 Å². The number of rotatable bonds is 6. The van der Waals surface area contributed by atoms with Gasteiger partial charge in [-0.15, -0.1) is 0 Å². The predicted molar refractivity (Wildman–Crippen MR) is 75.0 cm³/mol. The van der Waals surface area contributed by atoms with Crippen molar-refractivity contribution in [2.45, 2.75) is 78.0 Å². The average molecular weight is 269 g/mol. The standard InChI is InChI=1S/C15H27NO3/c1-11(2)10-13(8-9-17)16(12-6-7-12)14(18)19-15(3,4)5/h9,11-13H,6-8,10H2,1-5H3. The first-order valence-electron chi connectivity index (χ1n) is 7.19. The molecular formula is C15H27NO3. The van der Waals surface area contributed by atoms with Gasteiger partial charge in [0.05, 0.1) is 0 Å². The summed E-state index contributed by atoms with van der Waals surface area (Å²) < 4.78 is 5.48. The summed E-state index contributed by atoms with van der Waals surface area (Å²) in [6, 6.07) is 0.235. The SMILES string of the molecule is CC(C)CC(CC=O)N(C(=O)OC(C)(C)C)C1CC1. The van der Waals surface area contributed by atoms with Gasteiger partial charge in [-0.1, -0.05) is 13.8 Å². The Bertz CT molecular complexity index is 316. The maximum Gasteiger partial charge on any atom is 0.410 e. The van der Waals surface area contributed by atoms with Gasteiger partial charge in [0.25, 0.3) is 0 Å². The Morgan fingerprint density at radius 2 is 1.95 bits per heavy atom. The van der Waals surface area contributed by atoms with E-state index in [1.165, 1.54) is 0 Å². The number of hydrogen-bond acceptors (Lipinski definition) is 3. The molecule has 19 heavy (non-hydrogen) atoms. The van der Waals surface area contributed by atoms with Crippen molar-refractivity contribution in [3.05, 3.63) is 0 Å². The van der Waals surface area contributed by atoms with Crippen molar-refractivity contribution in [3.63, 3.8) is 0 Å². The molecule has 0 aromatic carbocycles. The molecule has 1 fully saturated rings. The molecule has 1 aliphatic carbocycles. The summed E-state index contributed by atoms with van der Waals surface area (Å²) in [6.45, 7) is 9.82. The van der Waals surface area contributed by atoms with E-state index in [0.29, 0.717) is 12.3 Å². The van der Waals surface area contributed by atoms with Crippen molar-refractivity contribution >= 4 is 12.4 Å². The second-order valence-corrected chi connectivity index (χ2v) is 6.80. The van der Waals surface area contributed by atoms with Gasteiger partial charge in [0.15, 0.2) is 0 Å². The maximum absolute atomic E-state index is 12.3. The molecular weight excluding hydrogens is 242 g/mol. The molecule has 1 saturated carbocycles. The Hall–Kier alpha value is -1.06. The molecule has 1 aliphatic rings. The molecule has 1 atom stereocenters. The lowest BCUT2D eigenvalue weighted by Crippen LogP contribution is -2.45. The van der Waals surface area contributed by atoms with Crippen LogP contribution in [0.1, 0.15) is 60.3 Å². The Morgan fingerprint density at radius 3 is 2.32 bits per heavy atom. The molecule has 4 heteroatoms. The van der Waals surface area contributed by atoms with Crippen molar-refractivity contribution in [1.82, 2.24) is 4.90 Å². The largest absolute Gasteiger partial charge is 0.444 e. The predicted octanol–water partition coefficient (Wildman–Crippen LogP) is 3.39. The summed E-state index contributed by atoms with van der Waals surface area (Å²) in [5.41, 5.74) is -0.492. The van der Waals surface area contributed by atoms with Gasteiger partial charge < -0.3 is 14.4 Å². The lowest BCUT2D eigenvalue weighted by molar-refractivity contribution is -0.109. The Balaban J connectivity index is 2.78. The van der Waals surface area contributed by atoms with Crippen LogP contribution in [0.5, 0.6) is 0 Å². The number of carbonyl (C=O) groups is 2. The molecule has 110 valence electrons. The maximum atomic E-state index is 12.3. The van der Waals surface area contributed by atoms with Crippen molar-refractivity contribution < 1.29 is 14.3 Å². The molecule has 4 nitrogen and oxygen atoms in total. The Morgan fingerprint density at radius 1 is 1.37 bits per heavy atom. The van der Waals surface area contributed by atoms with E-state index in [1.807, 2.05) is 20.8 Å². The van der Waals surface area contributed by atoms with Crippen LogP contribution in [-0.4, -0.2) is 35.0 Å². The van der Waals surface area contributed by atoms with Gasteiger partial charge in [-0.25, -0.2) is 4.79 Å². The molecule has 1 rings (SSSR count). The van der Waals surface area contributed by atoms with E-state index >= 15 is 0 Å². The number of aldehydes is 1. The Labute approximate surface area is 116 Å². The first kappa shape index (κ1) is 16.0. The molecule has 0 bridgehead atoms. The summed E-state index contributed by atoms with van der Waals surface area (Å²) in [5.74, 6) is 0.452. The van der Waals surface area contributed by atoms with E-state index in [9.17, 15) is 9.59 Å². The third-order valence-corrected chi connectivity index (χ3v) is 3.05. The molecule has 0 N–H and O–H groups in total. The normalized spacial score (nSPS) is 17.2. The van der Waals surface area contributed by atoms with Crippen LogP contribution in [0.2, 0.25) is 0 Å². The van der Waals surface area contributed by atoms with Gasteiger partial charge in [0, 0.05) is 18.5 Å². The van der Waals surface area contributed by atoms with Gasteiger partial charge in [0.2, 0.25) is 0 Å². The second-order valence-electron chi connectivity index (χ2n) is 6.80. The van der Waals surface area contributed by atoms with Crippen LogP contribution in [0.25, 0.3) is 0 Å². The number of carbonyl (C=O) groups excluding carboxylic acids is 2. The minimum absolute atomic E-state index is 0.0279. The fourth-order valence-electron chi connectivity index (χ4n) is 2.24. The van der Waals surface area contributed by atoms with Crippen molar-refractivity contribution in [2.24, 2.45) is 5.92 Å². The minimum atomic E-state index is -0.492. The number of ether oxygens (including phenoxy) is 1. The van der Waals surface area contributed by atoms with Gasteiger partial charge in [-0.2, -0.15) is 0 Å². The lowest BCUT2D eigenvalue weighted by atomic mass is 10.00. The molecule has 0 aromatic rings. The monoisotopic (exact) mass is 269 g/mol. The highest BCUT2D eigenvalue weighted by Crippen LogP contribution is 2.32. The summed E-state index contributed by atoms with van der Waals surface area (Å²) in [5, 5.41) is 0. The zero-order chi connectivity index (χ0) is 14.6. The van der Waals surface area contributed by atoms with E-state index in [0.717, 1.165) is 25.5 Å². The highest BCUT2D eigenvalue weighted by molar-refractivity contribution is 5.70. The molecule has 0 aromatic heterocycles. The van der Waals surface area contributed by atoms with Gasteiger partial charge >= 0.3 is 6.09 Å². The van der Waals surface area contributed by atoms with Crippen LogP contribution in [0.3, 0.4) is 0 Å². The fourth-order valence-corrected chi connectivity index (χ4v) is 2.24. The fraction of sp³-hybridized carbons (Fsp3) is 0.867. The minimum Gasteiger partial charge on any atom is -0.444 e. The molecule has 0 spiro atoms. The average Bonchev–Trinajstić information content (AvgIpc) is 2.98. The van der Waals surface area contributed by atoms with Crippen LogP contribution in [0, 0.1) is 5.92 Å². The van der Waals surface area contributed by atoms with Crippen molar-refractivity contribution in [2.75, 3.05) is 0 Å². The topological polar surface area (TPSA) is 46.6 Å². The van der Waals surface area contributed by atoms with E-state index in [1.54, 1.807) is 4.90 Å². The molecule has 1 amide bonds. The van der Waals surface area contributed by atoms with Gasteiger partial charge in [-0.05, 0) is 46.0 Å². The van der Waals surface area contributed by atoms with E-state index in [-0.39, 0.29) is 18.2 Å². The summed E-state index contributed by atoms with van der Waals surface area (Å²) in [4.78, 5) is 25.0. The van der Waals surface area contributed by atoms with Crippen LogP contribution in [0.15, 0.2) is 0 Å². The first-order chi connectivity index (χ1) is 8.74. The third-order valence-electron chi connectivity index (χ3n) is 3.05.